The molecule has 0 aliphatic carbocycles. The molecule has 3 unspecified atom stereocenters. The second-order valence-electron chi connectivity index (χ2n) is 3.18. The third kappa shape index (κ3) is 6.12. The topological polar surface area (TPSA) is 83.8 Å². The van der Waals surface area contributed by atoms with Crippen molar-refractivity contribution in [1.82, 2.24) is 0 Å². The van der Waals surface area contributed by atoms with Crippen molar-refractivity contribution in [2.45, 2.75) is 23.8 Å². The van der Waals surface area contributed by atoms with E-state index in [2.05, 4.69) is 27.0 Å². The summed E-state index contributed by atoms with van der Waals surface area (Å²) in [6.45, 7) is 4.55. The smallest absolute Gasteiger partial charge is 0.382 e. The van der Waals surface area contributed by atoms with Gasteiger partial charge in [-0.15, -0.1) is 9.42 Å². The van der Waals surface area contributed by atoms with Crippen molar-refractivity contribution in [3.05, 3.63) is 12.7 Å². The molecule has 0 aromatic heterocycles. The quantitative estimate of drug-likeness (QED) is 0.421. The maximum Gasteiger partial charge on any atom is 0.694 e. The molecule has 0 aromatic carbocycles. The number of hydrogen-bond acceptors (Lipinski definition) is 4. The number of rotatable bonds is 7. The van der Waals surface area contributed by atoms with E-state index in [9.17, 15) is 14.5 Å². The van der Waals surface area contributed by atoms with Gasteiger partial charge in [0.2, 0.25) is 0 Å². The predicted molar refractivity (Wildman–Crippen MR) is 58.9 cm³/mol. The van der Waals surface area contributed by atoms with Crippen molar-refractivity contribution in [1.29, 1.82) is 0 Å². The van der Waals surface area contributed by atoms with Gasteiger partial charge in [-0.1, -0.05) is 22.5 Å². The largest absolute Gasteiger partial charge is 0.694 e. The highest BCUT2D eigenvalue weighted by molar-refractivity contribution is 9.09. The fourth-order valence-corrected chi connectivity index (χ4v) is 2.23. The van der Waals surface area contributed by atoms with Gasteiger partial charge in [0.15, 0.2) is 5.78 Å². The fraction of sp³-hybridized carbons (Fsp3) is 0.625. The van der Waals surface area contributed by atoms with Crippen LogP contribution in [0.15, 0.2) is 12.7 Å². The van der Waals surface area contributed by atoms with E-state index in [-0.39, 0.29) is 17.9 Å². The molecule has 7 heteroatoms. The molecule has 0 amide bonds. The number of alkyl halides is 1. The monoisotopic (exact) mass is 299 g/mol. The zero-order valence-corrected chi connectivity index (χ0v) is 10.7. The van der Waals surface area contributed by atoms with Gasteiger partial charge >= 0.3 is 8.25 Å². The van der Waals surface area contributed by atoms with Crippen LogP contribution in [0.3, 0.4) is 0 Å². The van der Waals surface area contributed by atoms with Gasteiger partial charge in [-0.05, 0) is 19.4 Å². The Kier molecular flexibility index (Phi) is 6.40. The van der Waals surface area contributed by atoms with E-state index in [4.69, 9.17) is 4.89 Å². The van der Waals surface area contributed by atoms with Crippen molar-refractivity contribution in [2.75, 3.05) is 6.61 Å². The number of ketones is 1. The van der Waals surface area contributed by atoms with Crippen LogP contribution in [0, 0.1) is 0 Å². The molecule has 0 aromatic rings. The summed E-state index contributed by atoms with van der Waals surface area (Å²) < 4.78 is 14.7. The van der Waals surface area contributed by atoms with Crippen molar-refractivity contribution in [3.8, 4) is 0 Å². The standard InChI is InChI=1S/C8H12BrO5P/c1-3-7(10)8(2,11)4-6(9)5-14-15(12)13/h3,6,11H,1,4-5H2,2H3/p+1. The first kappa shape index (κ1) is 14.9. The second kappa shape index (κ2) is 6.45. The van der Waals surface area contributed by atoms with E-state index < -0.39 is 19.6 Å². The van der Waals surface area contributed by atoms with Gasteiger partial charge in [0, 0.05) is 9.39 Å². The zero-order valence-electron chi connectivity index (χ0n) is 8.22. The van der Waals surface area contributed by atoms with Crippen molar-refractivity contribution < 1.29 is 23.9 Å². The first-order valence-electron chi connectivity index (χ1n) is 4.12. The zero-order chi connectivity index (χ0) is 12.1. The summed E-state index contributed by atoms with van der Waals surface area (Å²) in [5, 5.41) is 9.68. The number of carbonyl (C=O) groups excluding carboxylic acids is 1. The number of halogens is 1. The summed E-state index contributed by atoms with van der Waals surface area (Å²) in [5.41, 5.74) is -1.54. The van der Waals surface area contributed by atoms with Gasteiger partial charge in [-0.25, -0.2) is 0 Å². The molecular weight excluding hydrogens is 287 g/mol. The van der Waals surface area contributed by atoms with E-state index in [0.29, 0.717) is 0 Å². The Balaban J connectivity index is 4.15. The molecule has 0 rings (SSSR count). The van der Waals surface area contributed by atoms with E-state index in [0.717, 1.165) is 6.08 Å². The Bertz CT molecular complexity index is 266. The number of carbonyl (C=O) groups is 1. The number of hydrogen-bond donors (Lipinski definition) is 2. The van der Waals surface area contributed by atoms with E-state index in [1.165, 1.54) is 6.92 Å². The molecule has 0 saturated heterocycles. The van der Waals surface area contributed by atoms with Crippen LogP contribution >= 0.6 is 24.2 Å². The Morgan fingerprint density at radius 1 is 1.80 bits per heavy atom. The Hall–Kier alpha value is -0.130. The number of aliphatic hydroxyl groups is 1. The molecule has 0 fully saturated rings. The lowest BCUT2D eigenvalue weighted by Crippen LogP contribution is -2.37. The molecule has 0 saturated carbocycles. The average molecular weight is 300 g/mol. The van der Waals surface area contributed by atoms with Crippen LogP contribution in [0.2, 0.25) is 0 Å². The first-order valence-corrected chi connectivity index (χ1v) is 6.16. The van der Waals surface area contributed by atoms with E-state index in [1.54, 1.807) is 0 Å². The molecule has 3 atom stereocenters. The molecular formula is C8H13BrO5P+. The Morgan fingerprint density at radius 2 is 2.33 bits per heavy atom. The fourth-order valence-electron chi connectivity index (χ4n) is 0.955. The van der Waals surface area contributed by atoms with Crippen LogP contribution in [-0.2, 0) is 13.9 Å². The van der Waals surface area contributed by atoms with E-state index in [1.807, 2.05) is 0 Å². The van der Waals surface area contributed by atoms with Crippen molar-refractivity contribution in [3.63, 3.8) is 0 Å². The predicted octanol–water partition coefficient (Wildman–Crippen LogP) is 1.31. The van der Waals surface area contributed by atoms with E-state index >= 15 is 0 Å². The van der Waals surface area contributed by atoms with Gasteiger partial charge in [0.1, 0.15) is 12.2 Å². The summed E-state index contributed by atoms with van der Waals surface area (Å²) in [7, 11) is -2.66. The Labute approximate surface area is 97.2 Å². The first-order chi connectivity index (χ1) is 6.79. The third-order valence-corrected chi connectivity index (χ3v) is 2.66. The molecule has 0 aliphatic rings. The van der Waals surface area contributed by atoms with Crippen molar-refractivity contribution >= 4 is 30.0 Å². The molecule has 0 radical (unpaired) electrons. The van der Waals surface area contributed by atoms with Crippen LogP contribution in [0.5, 0.6) is 0 Å². The van der Waals surface area contributed by atoms with Crippen LogP contribution in [0.25, 0.3) is 0 Å². The highest BCUT2D eigenvalue weighted by Crippen LogP contribution is 2.23. The maximum atomic E-state index is 11.2. The molecule has 0 aliphatic heterocycles. The van der Waals surface area contributed by atoms with Gasteiger partial charge < -0.3 is 5.11 Å². The third-order valence-electron chi connectivity index (χ3n) is 1.70. The SMILES string of the molecule is C=CC(=O)C(C)(O)CC(Br)CO[P+](=O)O. The highest BCUT2D eigenvalue weighted by Gasteiger charge is 2.31. The summed E-state index contributed by atoms with van der Waals surface area (Å²) in [5.74, 6) is -0.500. The molecule has 86 valence electrons. The minimum atomic E-state index is -2.66. The molecule has 0 bridgehead atoms. The normalized spacial score (nSPS) is 17.7. The van der Waals surface area contributed by atoms with Crippen LogP contribution in [0.4, 0.5) is 0 Å². The highest BCUT2D eigenvalue weighted by atomic mass is 79.9. The lowest BCUT2D eigenvalue weighted by atomic mass is 9.95. The molecule has 5 nitrogen and oxygen atoms in total. The molecule has 0 spiro atoms. The maximum absolute atomic E-state index is 11.2. The summed E-state index contributed by atoms with van der Waals surface area (Å²) >= 11 is 3.13. The van der Waals surface area contributed by atoms with Crippen LogP contribution in [0.1, 0.15) is 13.3 Å². The van der Waals surface area contributed by atoms with Gasteiger partial charge in [-0.3, -0.25) is 4.79 Å². The lowest BCUT2D eigenvalue weighted by Gasteiger charge is -2.21. The molecule has 15 heavy (non-hydrogen) atoms. The molecule has 0 heterocycles. The van der Waals surface area contributed by atoms with Crippen LogP contribution in [-0.4, -0.2) is 32.8 Å². The summed E-state index contributed by atoms with van der Waals surface area (Å²) in [6, 6.07) is 0. The summed E-state index contributed by atoms with van der Waals surface area (Å²) in [6.07, 6.45) is 1.11. The minimum Gasteiger partial charge on any atom is -0.382 e. The van der Waals surface area contributed by atoms with Crippen LogP contribution < -0.4 is 0 Å². The molecule has 2 N–H and O–H groups in total. The van der Waals surface area contributed by atoms with Crippen molar-refractivity contribution in [2.24, 2.45) is 0 Å². The van der Waals surface area contributed by atoms with Gasteiger partial charge in [-0.2, -0.15) is 0 Å². The van der Waals surface area contributed by atoms with Gasteiger partial charge in [0.25, 0.3) is 0 Å². The van der Waals surface area contributed by atoms with Gasteiger partial charge in [0.05, 0.1) is 0 Å². The minimum absolute atomic E-state index is 0.0632. The Morgan fingerprint density at radius 3 is 2.73 bits per heavy atom. The lowest BCUT2D eigenvalue weighted by molar-refractivity contribution is -0.131. The summed E-state index contributed by atoms with van der Waals surface area (Å²) in [4.78, 5) is 19.2. The second-order valence-corrected chi connectivity index (χ2v) is 5.21. The average Bonchev–Trinajstić information content (AvgIpc) is 2.12.